The molecule has 0 amide bonds. The van der Waals surface area contributed by atoms with E-state index < -0.39 is 0 Å². The zero-order valence-corrected chi connectivity index (χ0v) is 11.8. The highest BCUT2D eigenvalue weighted by Crippen LogP contribution is 2.32. The Morgan fingerprint density at radius 2 is 1.95 bits per heavy atom. The molecular weight excluding hydrogens is 236 g/mol. The molecule has 1 aromatic rings. The maximum atomic E-state index is 12.8. The Kier molecular flexibility index (Phi) is 3.48. The Morgan fingerprint density at radius 3 is 2.63 bits per heavy atom. The largest absolute Gasteiger partial charge is 0.324 e. The first kappa shape index (κ1) is 12.9. The fourth-order valence-electron chi connectivity index (χ4n) is 3.74. The fraction of sp³-hybridized carbons (Fsp3) is 0.688. The number of pyridine rings is 1. The van der Waals surface area contributed by atoms with Gasteiger partial charge in [-0.25, -0.2) is 0 Å². The molecule has 3 heteroatoms. The molecule has 1 aromatic heterocycles. The van der Waals surface area contributed by atoms with Crippen LogP contribution in [0.15, 0.2) is 10.9 Å². The lowest BCUT2D eigenvalue weighted by molar-refractivity contribution is 0.338. The first-order valence-electron chi connectivity index (χ1n) is 7.71. The molecule has 3 rings (SSSR count). The summed E-state index contributed by atoms with van der Waals surface area (Å²) in [7, 11) is 0. The number of nitrogens with zero attached hydrogens (tertiary/aromatic N) is 1. The first-order valence-corrected chi connectivity index (χ1v) is 7.71. The van der Waals surface area contributed by atoms with Crippen LogP contribution in [0.2, 0.25) is 0 Å². The molecule has 2 aliphatic rings. The van der Waals surface area contributed by atoms with Gasteiger partial charge in [-0.2, -0.15) is 0 Å². The molecule has 1 saturated carbocycles. The van der Waals surface area contributed by atoms with E-state index in [-0.39, 0.29) is 11.6 Å². The number of fused-ring (bicyclic) bond motifs is 1. The van der Waals surface area contributed by atoms with E-state index in [4.69, 9.17) is 5.73 Å². The van der Waals surface area contributed by atoms with Crippen molar-refractivity contribution < 1.29 is 0 Å². The lowest BCUT2D eigenvalue weighted by Crippen LogP contribution is -2.33. The Bertz CT molecular complexity index is 524. The van der Waals surface area contributed by atoms with Crippen LogP contribution >= 0.6 is 0 Å². The molecule has 1 fully saturated rings. The number of hydrogen-bond donors (Lipinski definition) is 1. The van der Waals surface area contributed by atoms with Crippen molar-refractivity contribution in [3.05, 3.63) is 33.2 Å². The average molecular weight is 260 g/mol. The first-order chi connectivity index (χ1) is 9.18. The second kappa shape index (κ2) is 5.12. The van der Waals surface area contributed by atoms with Crippen LogP contribution in [0.3, 0.4) is 0 Å². The summed E-state index contributed by atoms with van der Waals surface area (Å²) < 4.78 is 2.13. The zero-order chi connectivity index (χ0) is 13.4. The van der Waals surface area contributed by atoms with Gasteiger partial charge in [0.15, 0.2) is 0 Å². The van der Waals surface area contributed by atoms with E-state index in [1.165, 1.54) is 36.9 Å². The summed E-state index contributed by atoms with van der Waals surface area (Å²) >= 11 is 0. The van der Waals surface area contributed by atoms with Crippen molar-refractivity contribution in [2.45, 2.75) is 70.4 Å². The van der Waals surface area contributed by atoms with Gasteiger partial charge in [-0.15, -0.1) is 0 Å². The molecule has 0 aromatic carbocycles. The monoisotopic (exact) mass is 260 g/mol. The Morgan fingerprint density at radius 1 is 1.21 bits per heavy atom. The molecule has 19 heavy (non-hydrogen) atoms. The Balaban J connectivity index is 2.13. The summed E-state index contributed by atoms with van der Waals surface area (Å²) in [6.45, 7) is 1.92. The maximum absolute atomic E-state index is 12.8. The van der Waals surface area contributed by atoms with Crippen molar-refractivity contribution in [2.24, 2.45) is 5.73 Å². The number of aryl methyl sites for hydroxylation is 1. The summed E-state index contributed by atoms with van der Waals surface area (Å²) in [5.41, 5.74) is 9.67. The molecule has 104 valence electrons. The van der Waals surface area contributed by atoms with Crippen LogP contribution in [-0.2, 0) is 12.8 Å². The third-order valence-electron chi connectivity index (χ3n) is 4.75. The van der Waals surface area contributed by atoms with Crippen molar-refractivity contribution in [3.8, 4) is 0 Å². The van der Waals surface area contributed by atoms with Crippen molar-refractivity contribution in [1.29, 1.82) is 0 Å². The number of aromatic nitrogens is 1. The molecular formula is C16H24N2O. The summed E-state index contributed by atoms with van der Waals surface area (Å²) in [4.78, 5) is 12.8. The molecule has 0 spiro atoms. The van der Waals surface area contributed by atoms with Gasteiger partial charge in [-0.3, -0.25) is 4.79 Å². The third-order valence-corrected chi connectivity index (χ3v) is 4.75. The lowest BCUT2D eigenvalue weighted by Gasteiger charge is -2.27. The highest BCUT2D eigenvalue weighted by Gasteiger charge is 2.25. The SMILES string of the molecule is CC(N)c1cc2c(n(C3CCCCC3)c1=O)CCC2. The minimum atomic E-state index is -0.159. The van der Waals surface area contributed by atoms with Crippen LogP contribution in [0.1, 0.15) is 74.4 Å². The molecule has 0 saturated heterocycles. The van der Waals surface area contributed by atoms with Crippen molar-refractivity contribution in [3.63, 3.8) is 0 Å². The van der Waals surface area contributed by atoms with E-state index in [9.17, 15) is 4.79 Å². The average Bonchev–Trinajstić information content (AvgIpc) is 2.86. The van der Waals surface area contributed by atoms with E-state index in [2.05, 4.69) is 10.6 Å². The summed E-state index contributed by atoms with van der Waals surface area (Å²) in [5.74, 6) is 0. The molecule has 2 N–H and O–H groups in total. The minimum Gasteiger partial charge on any atom is -0.324 e. The van der Waals surface area contributed by atoms with E-state index in [0.29, 0.717) is 6.04 Å². The molecule has 2 aliphatic carbocycles. The van der Waals surface area contributed by atoms with Gasteiger partial charge in [0.05, 0.1) is 0 Å². The van der Waals surface area contributed by atoms with Crippen molar-refractivity contribution in [1.82, 2.24) is 4.57 Å². The third kappa shape index (κ3) is 2.25. The molecule has 1 heterocycles. The Labute approximate surface area is 114 Å². The van der Waals surface area contributed by atoms with Crippen LogP contribution in [-0.4, -0.2) is 4.57 Å². The normalized spacial score (nSPS) is 21.4. The maximum Gasteiger partial charge on any atom is 0.255 e. The van der Waals surface area contributed by atoms with Crippen LogP contribution in [0.5, 0.6) is 0 Å². The van der Waals surface area contributed by atoms with Gasteiger partial charge in [0.2, 0.25) is 0 Å². The van der Waals surface area contributed by atoms with Gasteiger partial charge in [-0.1, -0.05) is 19.3 Å². The summed E-state index contributed by atoms with van der Waals surface area (Å²) in [5, 5.41) is 0. The van der Waals surface area contributed by atoms with E-state index >= 15 is 0 Å². The van der Waals surface area contributed by atoms with Gasteiger partial charge >= 0.3 is 0 Å². The molecule has 0 aliphatic heterocycles. The highest BCUT2D eigenvalue weighted by atomic mass is 16.1. The number of nitrogens with two attached hydrogens (primary N) is 1. The van der Waals surface area contributed by atoms with Crippen molar-refractivity contribution in [2.75, 3.05) is 0 Å². The zero-order valence-electron chi connectivity index (χ0n) is 11.8. The fourth-order valence-corrected chi connectivity index (χ4v) is 3.74. The second-order valence-corrected chi connectivity index (χ2v) is 6.18. The second-order valence-electron chi connectivity index (χ2n) is 6.18. The van der Waals surface area contributed by atoms with E-state index in [1.807, 2.05) is 6.92 Å². The topological polar surface area (TPSA) is 48.0 Å². The van der Waals surface area contributed by atoms with Gasteiger partial charge in [-0.05, 0) is 50.7 Å². The number of rotatable bonds is 2. The minimum absolute atomic E-state index is 0.159. The standard InChI is InChI=1S/C16H24N2O/c1-11(17)14-10-12-6-5-9-15(12)18(16(14)19)13-7-3-2-4-8-13/h10-11,13H,2-9,17H2,1H3. The van der Waals surface area contributed by atoms with Gasteiger partial charge in [0.1, 0.15) is 0 Å². The number of hydrogen-bond acceptors (Lipinski definition) is 2. The molecule has 0 radical (unpaired) electrons. The van der Waals surface area contributed by atoms with Gasteiger partial charge < -0.3 is 10.3 Å². The quantitative estimate of drug-likeness (QED) is 0.889. The molecule has 1 atom stereocenters. The van der Waals surface area contributed by atoms with Crippen LogP contribution < -0.4 is 11.3 Å². The summed E-state index contributed by atoms with van der Waals surface area (Å²) in [6.07, 6.45) is 9.53. The predicted octanol–water partition coefficient (Wildman–Crippen LogP) is 2.86. The Hall–Kier alpha value is -1.09. The molecule has 3 nitrogen and oxygen atoms in total. The molecule has 1 unspecified atom stereocenters. The smallest absolute Gasteiger partial charge is 0.255 e. The van der Waals surface area contributed by atoms with Crippen LogP contribution in [0.25, 0.3) is 0 Å². The van der Waals surface area contributed by atoms with E-state index in [1.54, 1.807) is 0 Å². The van der Waals surface area contributed by atoms with Gasteiger partial charge in [0, 0.05) is 23.3 Å². The van der Waals surface area contributed by atoms with E-state index in [0.717, 1.165) is 31.2 Å². The highest BCUT2D eigenvalue weighted by molar-refractivity contribution is 5.32. The predicted molar refractivity (Wildman–Crippen MR) is 77.5 cm³/mol. The van der Waals surface area contributed by atoms with Crippen LogP contribution in [0, 0.1) is 0 Å². The lowest BCUT2D eigenvalue weighted by atomic mass is 9.94. The van der Waals surface area contributed by atoms with Gasteiger partial charge in [0.25, 0.3) is 5.56 Å². The molecule has 0 bridgehead atoms. The van der Waals surface area contributed by atoms with Crippen molar-refractivity contribution >= 4 is 0 Å². The summed E-state index contributed by atoms with van der Waals surface area (Å²) in [6, 6.07) is 2.34. The van der Waals surface area contributed by atoms with Crippen LogP contribution in [0.4, 0.5) is 0 Å².